The summed E-state index contributed by atoms with van der Waals surface area (Å²) in [5, 5.41) is 0. The van der Waals surface area contributed by atoms with Crippen molar-refractivity contribution in [2.75, 3.05) is 38.2 Å². The molecule has 0 bridgehead atoms. The predicted octanol–water partition coefficient (Wildman–Crippen LogP) is 0.764. The van der Waals surface area contributed by atoms with E-state index in [9.17, 15) is 14.4 Å². The Morgan fingerprint density at radius 2 is 1.79 bits per heavy atom. The molecule has 156 valence electrons. The second kappa shape index (κ2) is 8.98. The van der Waals surface area contributed by atoms with Gasteiger partial charge in [-0.05, 0) is 24.5 Å². The maximum absolute atomic E-state index is 12.7. The van der Waals surface area contributed by atoms with Crippen LogP contribution in [0.2, 0.25) is 0 Å². The predicted molar refractivity (Wildman–Crippen MR) is 112 cm³/mol. The highest BCUT2D eigenvalue weighted by Crippen LogP contribution is 2.20. The highest BCUT2D eigenvalue weighted by molar-refractivity contribution is 5.76. The Bertz CT molecular complexity index is 995. The minimum Gasteiger partial charge on any atom is -0.496 e. The quantitative estimate of drug-likeness (QED) is 0.741. The zero-order valence-electron chi connectivity index (χ0n) is 17.3. The van der Waals surface area contributed by atoms with Crippen molar-refractivity contribution in [1.82, 2.24) is 14.0 Å². The fraction of sp³-hybridized carbons (Fsp3) is 0.476. The number of rotatable bonds is 5. The van der Waals surface area contributed by atoms with Crippen LogP contribution in [0, 0.1) is 0 Å². The van der Waals surface area contributed by atoms with Gasteiger partial charge in [0.25, 0.3) is 5.56 Å². The Hall–Kier alpha value is -3.03. The summed E-state index contributed by atoms with van der Waals surface area (Å²) in [7, 11) is 4.77. The third-order valence-corrected chi connectivity index (χ3v) is 5.47. The van der Waals surface area contributed by atoms with Gasteiger partial charge in [-0.25, -0.2) is 4.79 Å². The van der Waals surface area contributed by atoms with E-state index in [0.29, 0.717) is 44.8 Å². The molecule has 2 aromatic rings. The molecule has 0 atom stereocenters. The maximum Gasteiger partial charge on any atom is 0.332 e. The summed E-state index contributed by atoms with van der Waals surface area (Å²) in [6.07, 6.45) is 1.83. The molecule has 0 saturated carbocycles. The molecule has 1 aromatic heterocycles. The molecule has 0 aliphatic carbocycles. The molecule has 1 saturated heterocycles. The molecule has 1 aromatic carbocycles. The van der Waals surface area contributed by atoms with E-state index in [4.69, 9.17) is 4.74 Å². The van der Waals surface area contributed by atoms with E-state index in [0.717, 1.165) is 22.3 Å². The number of hydrogen-bond donors (Lipinski definition) is 0. The van der Waals surface area contributed by atoms with Gasteiger partial charge in [0.05, 0.1) is 7.11 Å². The largest absolute Gasteiger partial charge is 0.496 e. The molecule has 1 aliphatic heterocycles. The van der Waals surface area contributed by atoms with Crippen LogP contribution < -0.4 is 20.9 Å². The van der Waals surface area contributed by atoms with Gasteiger partial charge in [0.15, 0.2) is 0 Å². The van der Waals surface area contributed by atoms with Crippen LogP contribution in [-0.4, -0.2) is 53.2 Å². The lowest BCUT2D eigenvalue weighted by atomic mass is 10.1. The number of para-hydroxylation sites is 1. The monoisotopic (exact) mass is 400 g/mol. The third-order valence-electron chi connectivity index (χ3n) is 5.47. The van der Waals surface area contributed by atoms with Gasteiger partial charge >= 0.3 is 5.69 Å². The first-order valence-electron chi connectivity index (χ1n) is 9.84. The van der Waals surface area contributed by atoms with Crippen molar-refractivity contribution in [2.24, 2.45) is 14.1 Å². The number of carbonyl (C=O) groups is 1. The molecule has 0 radical (unpaired) electrons. The van der Waals surface area contributed by atoms with E-state index in [1.165, 1.54) is 17.7 Å². The lowest BCUT2D eigenvalue weighted by molar-refractivity contribution is -0.130. The van der Waals surface area contributed by atoms with Crippen LogP contribution in [0.25, 0.3) is 0 Å². The normalized spacial score (nSPS) is 14.6. The average molecular weight is 400 g/mol. The van der Waals surface area contributed by atoms with E-state index in [1.54, 1.807) is 14.2 Å². The number of ether oxygens (including phenoxy) is 1. The molecule has 0 unspecified atom stereocenters. The fourth-order valence-corrected chi connectivity index (χ4v) is 3.73. The van der Waals surface area contributed by atoms with Crippen molar-refractivity contribution in [3.05, 3.63) is 56.7 Å². The van der Waals surface area contributed by atoms with Crippen LogP contribution in [0.1, 0.15) is 18.4 Å². The molecule has 3 rings (SSSR count). The van der Waals surface area contributed by atoms with E-state index in [-0.39, 0.29) is 17.2 Å². The molecule has 8 heteroatoms. The van der Waals surface area contributed by atoms with Gasteiger partial charge in [-0.3, -0.25) is 18.7 Å². The lowest BCUT2D eigenvalue weighted by Gasteiger charge is -2.25. The smallest absolute Gasteiger partial charge is 0.332 e. The first-order valence-corrected chi connectivity index (χ1v) is 9.84. The molecule has 1 fully saturated rings. The number of amides is 1. The summed E-state index contributed by atoms with van der Waals surface area (Å²) in [5.74, 6) is 1.51. The van der Waals surface area contributed by atoms with E-state index in [1.807, 2.05) is 34.1 Å². The summed E-state index contributed by atoms with van der Waals surface area (Å²) in [6.45, 7) is 2.51. The van der Waals surface area contributed by atoms with Crippen LogP contribution in [0.5, 0.6) is 5.75 Å². The van der Waals surface area contributed by atoms with Crippen molar-refractivity contribution in [2.45, 2.75) is 19.3 Å². The second-order valence-corrected chi connectivity index (χ2v) is 7.27. The SMILES string of the molecule is COc1ccccc1CCC(=O)N1CCCN(c2cc(=O)n(C)c(=O)n2C)CC1. The molecule has 1 aliphatic rings. The van der Waals surface area contributed by atoms with Crippen LogP contribution in [0.3, 0.4) is 0 Å². The molecule has 1 amide bonds. The maximum atomic E-state index is 12.7. The third kappa shape index (κ3) is 4.52. The Kier molecular flexibility index (Phi) is 6.41. The number of nitrogens with zero attached hydrogens (tertiary/aromatic N) is 4. The number of hydrogen-bond acceptors (Lipinski definition) is 5. The van der Waals surface area contributed by atoms with Gasteiger partial charge in [0.2, 0.25) is 5.91 Å². The second-order valence-electron chi connectivity index (χ2n) is 7.27. The topological polar surface area (TPSA) is 76.8 Å². The summed E-state index contributed by atoms with van der Waals surface area (Å²) >= 11 is 0. The van der Waals surface area contributed by atoms with E-state index in [2.05, 4.69) is 0 Å². The zero-order chi connectivity index (χ0) is 21.0. The van der Waals surface area contributed by atoms with Crippen LogP contribution in [0.4, 0.5) is 5.82 Å². The van der Waals surface area contributed by atoms with Gasteiger partial charge in [-0.1, -0.05) is 18.2 Å². The summed E-state index contributed by atoms with van der Waals surface area (Å²) in [6, 6.07) is 9.23. The minimum atomic E-state index is -0.346. The van der Waals surface area contributed by atoms with Crippen molar-refractivity contribution in [3.8, 4) is 5.75 Å². The Morgan fingerprint density at radius 1 is 1.03 bits per heavy atom. The minimum absolute atomic E-state index is 0.107. The first-order chi connectivity index (χ1) is 13.9. The summed E-state index contributed by atoms with van der Waals surface area (Å²) < 4.78 is 7.94. The number of aromatic nitrogens is 2. The van der Waals surface area contributed by atoms with Gasteiger partial charge in [0, 0.05) is 52.8 Å². The molecule has 29 heavy (non-hydrogen) atoms. The lowest BCUT2D eigenvalue weighted by Crippen LogP contribution is -2.41. The Balaban J connectivity index is 1.65. The van der Waals surface area contributed by atoms with Gasteiger partial charge in [-0.15, -0.1) is 0 Å². The summed E-state index contributed by atoms with van der Waals surface area (Å²) in [5.41, 5.74) is 0.355. The van der Waals surface area contributed by atoms with Gasteiger partial charge in [-0.2, -0.15) is 0 Å². The van der Waals surface area contributed by atoms with Crippen molar-refractivity contribution < 1.29 is 9.53 Å². The molecular formula is C21H28N4O4. The number of carbonyl (C=O) groups excluding carboxylic acids is 1. The highest BCUT2D eigenvalue weighted by atomic mass is 16.5. The Labute approximate surface area is 169 Å². The van der Waals surface area contributed by atoms with Crippen molar-refractivity contribution >= 4 is 11.7 Å². The molecule has 8 nitrogen and oxygen atoms in total. The van der Waals surface area contributed by atoms with Gasteiger partial charge in [0.1, 0.15) is 11.6 Å². The average Bonchev–Trinajstić information content (AvgIpc) is 2.99. The van der Waals surface area contributed by atoms with Gasteiger partial charge < -0.3 is 14.5 Å². The zero-order valence-corrected chi connectivity index (χ0v) is 17.3. The van der Waals surface area contributed by atoms with Crippen LogP contribution >= 0.6 is 0 Å². The molecule has 0 N–H and O–H groups in total. The van der Waals surface area contributed by atoms with Crippen LogP contribution in [-0.2, 0) is 25.3 Å². The molecule has 0 spiro atoms. The standard InChI is InChI=1S/C21H28N4O4/c1-22-18(15-20(27)23(2)21(22)28)24-11-6-12-25(14-13-24)19(26)10-9-16-7-4-5-8-17(16)29-3/h4-5,7-8,15H,6,9-14H2,1-3H3. The number of anilines is 1. The van der Waals surface area contributed by atoms with Crippen molar-refractivity contribution in [1.29, 1.82) is 0 Å². The number of benzene rings is 1. The molecular weight excluding hydrogens is 372 g/mol. The van der Waals surface area contributed by atoms with E-state index >= 15 is 0 Å². The number of aryl methyl sites for hydroxylation is 1. The number of methoxy groups -OCH3 is 1. The van der Waals surface area contributed by atoms with E-state index < -0.39 is 0 Å². The summed E-state index contributed by atoms with van der Waals surface area (Å²) in [4.78, 5) is 40.9. The van der Waals surface area contributed by atoms with Crippen LogP contribution in [0.15, 0.2) is 39.9 Å². The molecule has 2 heterocycles. The highest BCUT2D eigenvalue weighted by Gasteiger charge is 2.21. The first kappa shape index (κ1) is 20.7. The fourth-order valence-electron chi connectivity index (χ4n) is 3.73. The Morgan fingerprint density at radius 3 is 2.55 bits per heavy atom. The van der Waals surface area contributed by atoms with Crippen molar-refractivity contribution in [3.63, 3.8) is 0 Å².